The Kier molecular flexibility index (Phi) is 5.43. The summed E-state index contributed by atoms with van der Waals surface area (Å²) in [5.74, 6) is -0.0193. The van der Waals surface area contributed by atoms with Gasteiger partial charge in [-0.2, -0.15) is 0 Å². The van der Waals surface area contributed by atoms with E-state index in [-0.39, 0.29) is 5.91 Å². The molecule has 22 heavy (non-hydrogen) atoms. The second kappa shape index (κ2) is 7.72. The number of nitrogens with one attached hydrogen (secondary N) is 1. The molecule has 0 bridgehead atoms. The standard InChI is InChI=1S/C17H20N2OS2/c20-17(8-7-14-5-3-11-21-14)18-13-15(16-6-4-12-22-16)19-9-1-2-10-19/h3-8,11-12,15H,1-2,9-10,13H2,(H,18,20)/b8-7+. The highest BCUT2D eigenvalue weighted by Gasteiger charge is 2.24. The molecule has 1 amide bonds. The maximum atomic E-state index is 12.0. The van der Waals surface area contributed by atoms with Crippen molar-refractivity contribution < 1.29 is 4.79 Å². The summed E-state index contributed by atoms with van der Waals surface area (Å²) in [6, 6.07) is 8.56. The van der Waals surface area contributed by atoms with Gasteiger partial charge in [0.1, 0.15) is 0 Å². The quantitative estimate of drug-likeness (QED) is 0.817. The summed E-state index contributed by atoms with van der Waals surface area (Å²) < 4.78 is 0. The van der Waals surface area contributed by atoms with E-state index in [1.54, 1.807) is 28.7 Å². The molecule has 0 spiro atoms. The van der Waals surface area contributed by atoms with Crippen molar-refractivity contribution in [1.82, 2.24) is 10.2 Å². The monoisotopic (exact) mass is 332 g/mol. The van der Waals surface area contributed by atoms with Crippen molar-refractivity contribution in [2.45, 2.75) is 18.9 Å². The van der Waals surface area contributed by atoms with Gasteiger partial charge in [-0.05, 0) is 54.9 Å². The first kappa shape index (κ1) is 15.5. The maximum Gasteiger partial charge on any atom is 0.244 e. The van der Waals surface area contributed by atoms with Crippen molar-refractivity contribution in [2.75, 3.05) is 19.6 Å². The van der Waals surface area contributed by atoms with Crippen LogP contribution in [0.4, 0.5) is 0 Å². The summed E-state index contributed by atoms with van der Waals surface area (Å²) >= 11 is 3.41. The molecule has 1 unspecified atom stereocenters. The molecule has 2 aromatic rings. The van der Waals surface area contributed by atoms with Gasteiger partial charge in [-0.3, -0.25) is 9.69 Å². The molecule has 1 aliphatic rings. The van der Waals surface area contributed by atoms with Crippen LogP contribution >= 0.6 is 22.7 Å². The highest BCUT2D eigenvalue weighted by Crippen LogP contribution is 2.27. The van der Waals surface area contributed by atoms with Gasteiger partial charge in [0.15, 0.2) is 0 Å². The van der Waals surface area contributed by atoms with Crippen molar-refractivity contribution in [2.24, 2.45) is 0 Å². The van der Waals surface area contributed by atoms with E-state index in [1.807, 2.05) is 23.6 Å². The van der Waals surface area contributed by atoms with Crippen molar-refractivity contribution in [3.63, 3.8) is 0 Å². The van der Waals surface area contributed by atoms with Crippen LogP contribution in [-0.4, -0.2) is 30.4 Å². The Morgan fingerprint density at radius 3 is 2.68 bits per heavy atom. The van der Waals surface area contributed by atoms with Gasteiger partial charge >= 0.3 is 0 Å². The van der Waals surface area contributed by atoms with Gasteiger partial charge in [0, 0.05) is 22.4 Å². The van der Waals surface area contributed by atoms with Crippen LogP contribution in [-0.2, 0) is 4.79 Å². The molecule has 0 aliphatic carbocycles. The van der Waals surface area contributed by atoms with E-state index in [9.17, 15) is 4.79 Å². The number of hydrogen-bond acceptors (Lipinski definition) is 4. The minimum Gasteiger partial charge on any atom is -0.351 e. The Morgan fingerprint density at radius 2 is 2.00 bits per heavy atom. The van der Waals surface area contributed by atoms with Gasteiger partial charge in [-0.1, -0.05) is 12.1 Å². The van der Waals surface area contributed by atoms with Gasteiger partial charge in [-0.15, -0.1) is 22.7 Å². The molecule has 0 saturated carbocycles. The lowest BCUT2D eigenvalue weighted by atomic mass is 10.2. The summed E-state index contributed by atoms with van der Waals surface area (Å²) in [5.41, 5.74) is 0. The van der Waals surface area contributed by atoms with Crippen LogP contribution in [0.15, 0.2) is 41.1 Å². The van der Waals surface area contributed by atoms with Crippen LogP contribution in [0, 0.1) is 0 Å². The Morgan fingerprint density at radius 1 is 1.23 bits per heavy atom. The van der Waals surface area contributed by atoms with E-state index in [4.69, 9.17) is 0 Å². The highest BCUT2D eigenvalue weighted by atomic mass is 32.1. The highest BCUT2D eigenvalue weighted by molar-refractivity contribution is 7.10. The van der Waals surface area contributed by atoms with Gasteiger partial charge in [0.05, 0.1) is 6.04 Å². The molecule has 0 aromatic carbocycles. The van der Waals surface area contributed by atoms with Crippen LogP contribution < -0.4 is 5.32 Å². The first-order valence-electron chi connectivity index (χ1n) is 7.60. The molecule has 2 aromatic heterocycles. The minimum absolute atomic E-state index is 0.0193. The number of likely N-dealkylation sites (tertiary alicyclic amines) is 1. The van der Waals surface area contributed by atoms with Crippen LogP contribution in [0.2, 0.25) is 0 Å². The average molecular weight is 332 g/mol. The lowest BCUT2D eigenvalue weighted by molar-refractivity contribution is -0.116. The Hall–Kier alpha value is -1.43. The number of carbonyl (C=O) groups is 1. The molecule has 3 heterocycles. The molecule has 1 atom stereocenters. The Labute approximate surface area is 139 Å². The Bertz CT molecular complexity index is 599. The number of nitrogens with zero attached hydrogens (tertiary/aromatic N) is 1. The second-order valence-electron chi connectivity index (χ2n) is 5.37. The molecule has 3 rings (SSSR count). The molecule has 1 aliphatic heterocycles. The summed E-state index contributed by atoms with van der Waals surface area (Å²) in [6.45, 7) is 2.93. The van der Waals surface area contributed by atoms with Crippen LogP contribution in [0.1, 0.15) is 28.6 Å². The van der Waals surface area contributed by atoms with E-state index in [0.29, 0.717) is 12.6 Å². The molecule has 3 nitrogen and oxygen atoms in total. The summed E-state index contributed by atoms with van der Waals surface area (Å²) in [5, 5.41) is 7.17. The normalized spacial score (nSPS) is 17.1. The van der Waals surface area contributed by atoms with Crippen LogP contribution in [0.5, 0.6) is 0 Å². The molecule has 1 saturated heterocycles. The smallest absolute Gasteiger partial charge is 0.244 e. The topological polar surface area (TPSA) is 32.3 Å². The number of carbonyl (C=O) groups excluding carboxylic acids is 1. The van der Waals surface area contributed by atoms with Crippen molar-refractivity contribution in [3.8, 4) is 0 Å². The van der Waals surface area contributed by atoms with Crippen molar-refractivity contribution >= 4 is 34.7 Å². The number of thiophene rings is 2. The van der Waals surface area contributed by atoms with E-state index in [1.165, 1.54) is 17.7 Å². The first-order valence-corrected chi connectivity index (χ1v) is 9.36. The molecular weight excluding hydrogens is 312 g/mol. The van der Waals surface area contributed by atoms with Crippen LogP contribution in [0.3, 0.4) is 0 Å². The maximum absolute atomic E-state index is 12.0. The number of amides is 1. The fraction of sp³-hybridized carbons (Fsp3) is 0.353. The molecule has 0 radical (unpaired) electrons. The lowest BCUT2D eigenvalue weighted by Gasteiger charge is -2.26. The zero-order valence-corrected chi connectivity index (χ0v) is 14.0. The zero-order valence-electron chi connectivity index (χ0n) is 12.4. The fourth-order valence-electron chi connectivity index (χ4n) is 2.74. The predicted octanol–water partition coefficient (Wildman–Crippen LogP) is 3.78. The Balaban J connectivity index is 1.58. The summed E-state index contributed by atoms with van der Waals surface area (Å²) in [4.78, 5) is 16.9. The second-order valence-corrected chi connectivity index (χ2v) is 7.33. The predicted molar refractivity (Wildman–Crippen MR) is 94.2 cm³/mol. The molecule has 5 heteroatoms. The lowest BCUT2D eigenvalue weighted by Crippen LogP contribution is -2.35. The zero-order chi connectivity index (χ0) is 15.2. The van der Waals surface area contributed by atoms with Crippen molar-refractivity contribution in [1.29, 1.82) is 0 Å². The third kappa shape index (κ3) is 4.06. The summed E-state index contributed by atoms with van der Waals surface area (Å²) in [6.07, 6.45) is 6.01. The van der Waals surface area contributed by atoms with Crippen LogP contribution in [0.25, 0.3) is 6.08 Å². The van der Waals surface area contributed by atoms with Gasteiger partial charge in [-0.25, -0.2) is 0 Å². The number of hydrogen-bond donors (Lipinski definition) is 1. The largest absolute Gasteiger partial charge is 0.351 e. The third-order valence-electron chi connectivity index (χ3n) is 3.86. The first-order chi connectivity index (χ1) is 10.8. The van der Waals surface area contributed by atoms with E-state index in [2.05, 4.69) is 27.7 Å². The molecule has 1 N–H and O–H groups in total. The van der Waals surface area contributed by atoms with Gasteiger partial charge in [0.25, 0.3) is 0 Å². The van der Waals surface area contributed by atoms with E-state index >= 15 is 0 Å². The summed E-state index contributed by atoms with van der Waals surface area (Å²) in [7, 11) is 0. The fourth-order valence-corrected chi connectivity index (χ4v) is 4.22. The van der Waals surface area contributed by atoms with Gasteiger partial charge in [0.2, 0.25) is 5.91 Å². The van der Waals surface area contributed by atoms with E-state index in [0.717, 1.165) is 18.0 Å². The minimum atomic E-state index is -0.0193. The number of rotatable bonds is 6. The SMILES string of the molecule is O=C(/C=C/c1cccs1)NCC(c1cccs1)N1CCCC1. The molecule has 116 valence electrons. The van der Waals surface area contributed by atoms with Gasteiger partial charge < -0.3 is 5.32 Å². The average Bonchev–Trinajstić information content (AvgIpc) is 3.27. The van der Waals surface area contributed by atoms with Crippen molar-refractivity contribution in [3.05, 3.63) is 50.9 Å². The molecular formula is C17H20N2OS2. The molecule has 1 fully saturated rings. The van der Waals surface area contributed by atoms with E-state index < -0.39 is 0 Å². The third-order valence-corrected chi connectivity index (χ3v) is 5.68.